The largest absolute Gasteiger partial charge is 0.496 e. The first-order chi connectivity index (χ1) is 11.9. The van der Waals surface area contributed by atoms with Gasteiger partial charge in [-0.2, -0.15) is 0 Å². The van der Waals surface area contributed by atoms with Crippen molar-refractivity contribution >= 4 is 5.97 Å². The molecule has 0 amide bonds. The number of aliphatic hydroxyl groups is 4. The van der Waals surface area contributed by atoms with Crippen molar-refractivity contribution in [3.8, 4) is 5.75 Å². The molecule has 8 heteroatoms. The molecule has 0 aliphatic carbocycles. The van der Waals surface area contributed by atoms with Crippen LogP contribution in [-0.4, -0.2) is 71.6 Å². The van der Waals surface area contributed by atoms with E-state index in [1.165, 1.54) is 14.2 Å². The third-order valence-electron chi connectivity index (χ3n) is 4.34. The first kappa shape index (κ1) is 19.6. The Morgan fingerprint density at radius 2 is 1.88 bits per heavy atom. The SMILES string of the molecule is COC(=O)CCc1ccc(OC)c([C@H]2O[C@H](CO)[C@@H](O)[C@H](O)C2O)c1. The summed E-state index contributed by atoms with van der Waals surface area (Å²) in [5, 5.41) is 39.5. The van der Waals surface area contributed by atoms with Crippen molar-refractivity contribution in [3.63, 3.8) is 0 Å². The molecule has 1 saturated heterocycles. The minimum atomic E-state index is -1.47. The molecule has 8 nitrogen and oxygen atoms in total. The van der Waals surface area contributed by atoms with E-state index in [1.54, 1.807) is 18.2 Å². The lowest BCUT2D eigenvalue weighted by Gasteiger charge is -2.40. The van der Waals surface area contributed by atoms with Crippen LogP contribution < -0.4 is 4.74 Å². The highest BCUT2D eigenvalue weighted by atomic mass is 16.5. The predicted molar refractivity (Wildman–Crippen MR) is 86.1 cm³/mol. The number of hydrogen-bond acceptors (Lipinski definition) is 8. The number of methoxy groups -OCH3 is 2. The molecule has 25 heavy (non-hydrogen) atoms. The standard InChI is InChI=1S/C17H24O8/c1-23-11-5-3-9(4-6-13(19)24-2)7-10(11)17-16(22)15(21)14(20)12(8-18)25-17/h3,5,7,12,14-18,20-22H,4,6,8H2,1-2H3/t12-,14-,15+,16?,17-/m1/s1. The number of hydrogen-bond donors (Lipinski definition) is 4. The van der Waals surface area contributed by atoms with Gasteiger partial charge in [-0.05, 0) is 24.1 Å². The Balaban J connectivity index is 2.30. The van der Waals surface area contributed by atoms with Gasteiger partial charge in [0.2, 0.25) is 0 Å². The van der Waals surface area contributed by atoms with Crippen LogP contribution in [-0.2, 0) is 20.7 Å². The van der Waals surface area contributed by atoms with E-state index in [2.05, 4.69) is 4.74 Å². The van der Waals surface area contributed by atoms with E-state index >= 15 is 0 Å². The minimum Gasteiger partial charge on any atom is -0.496 e. The number of benzene rings is 1. The van der Waals surface area contributed by atoms with Crippen LogP contribution in [0.4, 0.5) is 0 Å². The second kappa shape index (κ2) is 8.59. The molecule has 140 valence electrons. The lowest BCUT2D eigenvalue weighted by Crippen LogP contribution is -2.55. The van der Waals surface area contributed by atoms with Gasteiger partial charge in [-0.1, -0.05) is 6.07 Å². The van der Waals surface area contributed by atoms with E-state index in [4.69, 9.17) is 9.47 Å². The third kappa shape index (κ3) is 4.28. The van der Waals surface area contributed by atoms with Crippen molar-refractivity contribution in [1.29, 1.82) is 0 Å². The van der Waals surface area contributed by atoms with Gasteiger partial charge in [0.05, 0.1) is 20.8 Å². The van der Waals surface area contributed by atoms with Crippen molar-refractivity contribution in [2.75, 3.05) is 20.8 Å². The molecule has 5 atom stereocenters. The summed E-state index contributed by atoms with van der Waals surface area (Å²) in [6.07, 6.45) is -5.69. The molecule has 2 rings (SSSR count). The van der Waals surface area contributed by atoms with Crippen molar-refractivity contribution in [1.82, 2.24) is 0 Å². The molecule has 0 saturated carbocycles. The van der Waals surface area contributed by atoms with E-state index in [-0.39, 0.29) is 12.4 Å². The molecular weight excluding hydrogens is 332 g/mol. The molecule has 1 heterocycles. The molecule has 1 aromatic carbocycles. The smallest absolute Gasteiger partial charge is 0.305 e. The van der Waals surface area contributed by atoms with Gasteiger partial charge >= 0.3 is 5.97 Å². The maximum atomic E-state index is 11.3. The van der Waals surface area contributed by atoms with Gasteiger partial charge in [-0.15, -0.1) is 0 Å². The second-order valence-electron chi connectivity index (χ2n) is 5.90. The van der Waals surface area contributed by atoms with Gasteiger partial charge in [-0.3, -0.25) is 4.79 Å². The summed E-state index contributed by atoms with van der Waals surface area (Å²) >= 11 is 0. The minimum absolute atomic E-state index is 0.191. The van der Waals surface area contributed by atoms with Gasteiger partial charge in [0, 0.05) is 12.0 Å². The van der Waals surface area contributed by atoms with E-state index in [9.17, 15) is 25.2 Å². The number of aryl methyl sites for hydroxylation is 1. The van der Waals surface area contributed by atoms with Crippen LogP contribution in [0, 0.1) is 0 Å². The highest BCUT2D eigenvalue weighted by molar-refractivity contribution is 5.69. The molecule has 0 spiro atoms. The van der Waals surface area contributed by atoms with Crippen LogP contribution in [0.2, 0.25) is 0 Å². The lowest BCUT2D eigenvalue weighted by atomic mass is 9.90. The van der Waals surface area contributed by atoms with Crippen LogP contribution in [0.5, 0.6) is 5.75 Å². The van der Waals surface area contributed by atoms with Crippen LogP contribution in [0.3, 0.4) is 0 Å². The fraction of sp³-hybridized carbons (Fsp3) is 0.588. The molecule has 1 unspecified atom stereocenters. The average Bonchev–Trinajstić information content (AvgIpc) is 2.64. The first-order valence-corrected chi connectivity index (χ1v) is 7.97. The van der Waals surface area contributed by atoms with Crippen molar-refractivity contribution in [2.24, 2.45) is 0 Å². The monoisotopic (exact) mass is 356 g/mol. The van der Waals surface area contributed by atoms with E-state index < -0.39 is 37.1 Å². The Kier molecular flexibility index (Phi) is 6.74. The zero-order valence-corrected chi connectivity index (χ0v) is 14.2. The van der Waals surface area contributed by atoms with Gasteiger partial charge in [0.15, 0.2) is 0 Å². The molecule has 1 fully saturated rings. The van der Waals surface area contributed by atoms with Crippen molar-refractivity contribution in [3.05, 3.63) is 29.3 Å². The van der Waals surface area contributed by atoms with Crippen LogP contribution >= 0.6 is 0 Å². The van der Waals surface area contributed by atoms with Gasteiger partial charge in [-0.25, -0.2) is 0 Å². The van der Waals surface area contributed by atoms with Crippen molar-refractivity contribution < 1.29 is 39.4 Å². The number of esters is 1. The van der Waals surface area contributed by atoms with E-state index in [1.807, 2.05) is 0 Å². The quantitative estimate of drug-likeness (QED) is 0.494. The van der Waals surface area contributed by atoms with Gasteiger partial charge in [0.1, 0.15) is 36.3 Å². The van der Waals surface area contributed by atoms with Crippen LogP contribution in [0.15, 0.2) is 18.2 Å². The van der Waals surface area contributed by atoms with Crippen LogP contribution in [0.1, 0.15) is 23.7 Å². The number of carbonyl (C=O) groups is 1. The summed E-state index contributed by atoms with van der Waals surface area (Å²) in [5.41, 5.74) is 1.25. The average molecular weight is 356 g/mol. The number of ether oxygens (including phenoxy) is 3. The van der Waals surface area contributed by atoms with Crippen LogP contribution in [0.25, 0.3) is 0 Å². The second-order valence-corrected chi connectivity index (χ2v) is 5.90. The molecule has 4 N–H and O–H groups in total. The number of carbonyl (C=O) groups excluding carboxylic acids is 1. The number of rotatable bonds is 6. The maximum absolute atomic E-state index is 11.3. The molecule has 1 aromatic rings. The topological polar surface area (TPSA) is 126 Å². The number of aliphatic hydroxyl groups excluding tert-OH is 4. The highest BCUT2D eigenvalue weighted by Crippen LogP contribution is 2.37. The predicted octanol–water partition coefficient (Wildman–Crippen LogP) is -0.684. The molecule has 0 radical (unpaired) electrons. The van der Waals surface area contributed by atoms with Crippen molar-refractivity contribution in [2.45, 2.75) is 43.4 Å². The Labute approximate surface area is 145 Å². The summed E-state index contributed by atoms with van der Waals surface area (Å²) in [6.45, 7) is -0.508. The van der Waals surface area contributed by atoms with E-state index in [0.29, 0.717) is 17.7 Å². The van der Waals surface area contributed by atoms with Gasteiger partial charge < -0.3 is 34.6 Å². The third-order valence-corrected chi connectivity index (χ3v) is 4.34. The molecule has 0 bridgehead atoms. The molecular formula is C17H24O8. The Morgan fingerprint density at radius 1 is 1.16 bits per heavy atom. The highest BCUT2D eigenvalue weighted by Gasteiger charge is 2.44. The fourth-order valence-electron chi connectivity index (χ4n) is 2.87. The zero-order chi connectivity index (χ0) is 18.6. The molecule has 1 aliphatic heterocycles. The summed E-state index contributed by atoms with van der Waals surface area (Å²) in [7, 11) is 2.77. The summed E-state index contributed by atoms with van der Waals surface area (Å²) in [6, 6.07) is 5.15. The lowest BCUT2D eigenvalue weighted by molar-refractivity contribution is -0.232. The maximum Gasteiger partial charge on any atom is 0.305 e. The summed E-state index contributed by atoms with van der Waals surface area (Å²) in [5.74, 6) is 0.0800. The zero-order valence-electron chi connectivity index (χ0n) is 14.2. The van der Waals surface area contributed by atoms with Gasteiger partial charge in [0.25, 0.3) is 0 Å². The first-order valence-electron chi connectivity index (χ1n) is 7.97. The summed E-state index contributed by atoms with van der Waals surface area (Å²) in [4.78, 5) is 11.3. The fourth-order valence-corrected chi connectivity index (χ4v) is 2.87. The Hall–Kier alpha value is -1.71. The Bertz CT molecular complexity index is 588. The normalized spacial score (nSPS) is 29.3. The van der Waals surface area contributed by atoms with E-state index in [0.717, 1.165) is 5.56 Å². The Morgan fingerprint density at radius 3 is 2.48 bits per heavy atom. The molecule has 1 aliphatic rings. The molecule has 0 aromatic heterocycles. The summed E-state index contributed by atoms with van der Waals surface area (Å²) < 4.78 is 15.5.